The molecule has 1 saturated heterocycles. The second-order valence-electron chi connectivity index (χ2n) is 7.38. The van der Waals surface area contributed by atoms with E-state index in [9.17, 15) is 14.4 Å². The van der Waals surface area contributed by atoms with Gasteiger partial charge in [0.15, 0.2) is 12.4 Å². The lowest BCUT2D eigenvalue weighted by Gasteiger charge is -2.34. The standard InChI is InChI=1S/C23H23NO5/c25-21(17-9-10-18-13-28-14-19(18)12-17)15-29-23(27)20-8-4-5-11-24(20)22(26)16-6-2-1-3-7-16/h1-3,6-7,9-10,12,20H,4-5,8,11,13-15H2. The van der Waals surface area contributed by atoms with Crippen LogP contribution in [-0.2, 0) is 27.5 Å². The minimum absolute atomic E-state index is 0.183. The van der Waals surface area contributed by atoms with Crippen LogP contribution in [0.15, 0.2) is 48.5 Å². The number of benzene rings is 2. The zero-order chi connectivity index (χ0) is 20.2. The first-order chi connectivity index (χ1) is 14.1. The zero-order valence-electron chi connectivity index (χ0n) is 16.1. The van der Waals surface area contributed by atoms with E-state index in [0.29, 0.717) is 37.3 Å². The molecule has 0 saturated carbocycles. The van der Waals surface area contributed by atoms with Gasteiger partial charge in [0.05, 0.1) is 13.2 Å². The molecule has 1 amide bonds. The average molecular weight is 393 g/mol. The number of hydrogen-bond donors (Lipinski definition) is 0. The third kappa shape index (κ3) is 4.22. The monoisotopic (exact) mass is 393 g/mol. The molecule has 4 rings (SSSR count). The van der Waals surface area contributed by atoms with Crippen molar-refractivity contribution in [2.45, 2.75) is 38.5 Å². The molecule has 29 heavy (non-hydrogen) atoms. The van der Waals surface area contributed by atoms with Gasteiger partial charge in [-0.05, 0) is 48.6 Å². The van der Waals surface area contributed by atoms with Gasteiger partial charge in [-0.25, -0.2) is 4.79 Å². The molecular weight excluding hydrogens is 370 g/mol. The van der Waals surface area contributed by atoms with E-state index in [0.717, 1.165) is 24.0 Å². The molecule has 0 bridgehead atoms. The van der Waals surface area contributed by atoms with Crippen LogP contribution in [0.3, 0.4) is 0 Å². The van der Waals surface area contributed by atoms with Crippen molar-refractivity contribution in [1.82, 2.24) is 4.90 Å². The third-order valence-corrected chi connectivity index (χ3v) is 5.45. The molecule has 150 valence electrons. The van der Waals surface area contributed by atoms with Crippen molar-refractivity contribution in [2.75, 3.05) is 13.2 Å². The Labute approximate surface area is 169 Å². The molecule has 0 N–H and O–H groups in total. The minimum atomic E-state index is -0.655. The van der Waals surface area contributed by atoms with Crippen LogP contribution in [0.2, 0.25) is 0 Å². The van der Waals surface area contributed by atoms with Gasteiger partial charge in [-0.1, -0.05) is 30.3 Å². The number of ketones is 1. The molecule has 6 heteroatoms. The van der Waals surface area contributed by atoms with Crippen molar-refractivity contribution in [3.63, 3.8) is 0 Å². The Balaban J connectivity index is 1.40. The second-order valence-corrected chi connectivity index (χ2v) is 7.38. The summed E-state index contributed by atoms with van der Waals surface area (Å²) in [5.74, 6) is -0.964. The predicted octanol–water partition coefficient (Wildman–Crippen LogP) is 3.14. The number of ether oxygens (including phenoxy) is 2. The van der Waals surface area contributed by atoms with Gasteiger partial charge in [-0.15, -0.1) is 0 Å². The first-order valence-electron chi connectivity index (χ1n) is 9.89. The van der Waals surface area contributed by atoms with Crippen LogP contribution in [0.5, 0.6) is 0 Å². The van der Waals surface area contributed by atoms with Crippen LogP contribution in [0.1, 0.15) is 51.1 Å². The third-order valence-electron chi connectivity index (χ3n) is 5.45. The Hall–Kier alpha value is -2.99. The fourth-order valence-electron chi connectivity index (χ4n) is 3.83. The highest BCUT2D eigenvalue weighted by molar-refractivity contribution is 5.99. The van der Waals surface area contributed by atoms with Gasteiger partial charge in [0.2, 0.25) is 0 Å². The molecule has 1 fully saturated rings. The highest BCUT2D eigenvalue weighted by atomic mass is 16.5. The molecule has 0 aromatic heterocycles. The topological polar surface area (TPSA) is 72.9 Å². The fourth-order valence-corrected chi connectivity index (χ4v) is 3.83. The largest absolute Gasteiger partial charge is 0.456 e. The van der Waals surface area contributed by atoms with Crippen LogP contribution >= 0.6 is 0 Å². The SMILES string of the molecule is O=C(COC(=O)C1CCCCN1C(=O)c1ccccc1)c1ccc2c(c1)COC2. The van der Waals surface area contributed by atoms with E-state index in [1.54, 1.807) is 41.3 Å². The summed E-state index contributed by atoms with van der Waals surface area (Å²) >= 11 is 0. The van der Waals surface area contributed by atoms with Crippen LogP contribution in [0, 0.1) is 0 Å². The lowest BCUT2D eigenvalue weighted by Crippen LogP contribution is -2.48. The van der Waals surface area contributed by atoms with Gasteiger partial charge in [0.1, 0.15) is 6.04 Å². The quantitative estimate of drug-likeness (QED) is 0.576. The molecule has 2 aromatic carbocycles. The summed E-state index contributed by atoms with van der Waals surface area (Å²) in [6.45, 7) is 1.23. The van der Waals surface area contributed by atoms with Gasteiger partial charge in [-0.3, -0.25) is 9.59 Å². The summed E-state index contributed by atoms with van der Waals surface area (Å²) < 4.78 is 10.7. The highest BCUT2D eigenvalue weighted by Crippen LogP contribution is 2.22. The first-order valence-corrected chi connectivity index (χ1v) is 9.89. The van der Waals surface area contributed by atoms with Gasteiger partial charge < -0.3 is 14.4 Å². The molecule has 6 nitrogen and oxygen atoms in total. The Morgan fingerprint density at radius 2 is 1.76 bits per heavy atom. The maximum atomic E-state index is 12.8. The Bertz CT molecular complexity index is 924. The van der Waals surface area contributed by atoms with Crippen molar-refractivity contribution >= 4 is 17.7 Å². The summed E-state index contributed by atoms with van der Waals surface area (Å²) in [7, 11) is 0. The molecule has 2 heterocycles. The fraction of sp³-hybridized carbons (Fsp3) is 0.348. The second kappa shape index (κ2) is 8.57. The lowest BCUT2D eigenvalue weighted by atomic mass is 10.0. The first kappa shape index (κ1) is 19.3. The summed E-state index contributed by atoms with van der Waals surface area (Å²) in [4.78, 5) is 39.5. The van der Waals surface area contributed by atoms with Gasteiger partial charge in [0.25, 0.3) is 5.91 Å². The number of carbonyl (C=O) groups excluding carboxylic acids is 3. The smallest absolute Gasteiger partial charge is 0.329 e. The minimum Gasteiger partial charge on any atom is -0.456 e. The van der Waals surface area contributed by atoms with Gasteiger partial charge in [0, 0.05) is 17.7 Å². The van der Waals surface area contributed by atoms with E-state index in [4.69, 9.17) is 9.47 Å². The summed E-state index contributed by atoms with van der Waals surface area (Å²) in [5, 5.41) is 0. The average Bonchev–Trinajstić information content (AvgIpc) is 3.25. The van der Waals surface area contributed by atoms with Crippen molar-refractivity contribution in [3.8, 4) is 0 Å². The Kier molecular flexibility index (Phi) is 5.71. The molecule has 0 radical (unpaired) electrons. The number of likely N-dealkylation sites (tertiary alicyclic amines) is 1. The van der Waals surface area contributed by atoms with Crippen molar-refractivity contribution < 1.29 is 23.9 Å². The molecule has 2 aromatic rings. The van der Waals surface area contributed by atoms with E-state index >= 15 is 0 Å². The van der Waals surface area contributed by atoms with Crippen LogP contribution in [-0.4, -0.2) is 41.8 Å². The number of carbonyl (C=O) groups is 3. The number of hydrogen-bond acceptors (Lipinski definition) is 5. The lowest BCUT2D eigenvalue weighted by molar-refractivity contribution is -0.149. The van der Waals surface area contributed by atoms with E-state index in [2.05, 4.69) is 0 Å². The maximum Gasteiger partial charge on any atom is 0.329 e. The van der Waals surface area contributed by atoms with Crippen molar-refractivity contribution in [1.29, 1.82) is 0 Å². The molecule has 1 atom stereocenters. The number of fused-ring (bicyclic) bond motifs is 1. The van der Waals surface area contributed by atoms with Gasteiger partial charge >= 0.3 is 5.97 Å². The van der Waals surface area contributed by atoms with Crippen molar-refractivity contribution in [3.05, 3.63) is 70.8 Å². The molecule has 0 spiro atoms. The van der Waals surface area contributed by atoms with Crippen molar-refractivity contribution in [2.24, 2.45) is 0 Å². The maximum absolute atomic E-state index is 12.8. The number of amides is 1. The number of Topliss-reactive ketones (excluding diaryl/α,β-unsaturated/α-hetero) is 1. The number of esters is 1. The summed E-state index contributed by atoms with van der Waals surface area (Å²) in [6.07, 6.45) is 2.23. The normalized spacial score (nSPS) is 18.2. The van der Waals surface area contributed by atoms with E-state index in [1.807, 2.05) is 12.1 Å². The number of piperidine rings is 1. The van der Waals surface area contributed by atoms with Crippen LogP contribution in [0.25, 0.3) is 0 Å². The number of nitrogens with zero attached hydrogens (tertiary/aromatic N) is 1. The number of rotatable bonds is 5. The molecule has 1 unspecified atom stereocenters. The summed E-state index contributed by atoms with van der Waals surface area (Å²) in [6, 6.07) is 13.7. The summed E-state index contributed by atoms with van der Waals surface area (Å²) in [5.41, 5.74) is 3.12. The molecule has 2 aliphatic heterocycles. The van der Waals surface area contributed by atoms with Crippen LogP contribution in [0.4, 0.5) is 0 Å². The Morgan fingerprint density at radius 1 is 0.966 bits per heavy atom. The van der Waals surface area contributed by atoms with E-state index in [-0.39, 0.29) is 18.3 Å². The predicted molar refractivity (Wildman–Crippen MR) is 105 cm³/mol. The van der Waals surface area contributed by atoms with Gasteiger partial charge in [-0.2, -0.15) is 0 Å². The van der Waals surface area contributed by atoms with Crippen LogP contribution < -0.4 is 0 Å². The van der Waals surface area contributed by atoms with E-state index < -0.39 is 12.0 Å². The Morgan fingerprint density at radius 3 is 2.59 bits per heavy atom. The molecular formula is C23H23NO5. The van der Waals surface area contributed by atoms with E-state index in [1.165, 1.54) is 0 Å². The zero-order valence-corrected chi connectivity index (χ0v) is 16.1. The molecule has 2 aliphatic rings. The highest BCUT2D eigenvalue weighted by Gasteiger charge is 2.34. The molecule has 0 aliphatic carbocycles.